The van der Waals surface area contributed by atoms with E-state index in [0.717, 1.165) is 11.3 Å². The molecule has 0 atom stereocenters. The lowest BCUT2D eigenvalue weighted by Crippen LogP contribution is -2.24. The summed E-state index contributed by atoms with van der Waals surface area (Å²) in [6, 6.07) is 2.93. The molecule has 8 nitrogen and oxygen atoms in total. The van der Waals surface area contributed by atoms with E-state index in [1.807, 2.05) is 0 Å². The van der Waals surface area contributed by atoms with Crippen molar-refractivity contribution in [3.05, 3.63) is 29.2 Å². The van der Waals surface area contributed by atoms with Crippen LogP contribution in [0.1, 0.15) is 17.1 Å². The number of thiophene rings is 1. The fraction of sp³-hybridized carbons (Fsp3) is 0.364. The van der Waals surface area contributed by atoms with Crippen LogP contribution in [0.15, 0.2) is 22.7 Å². The lowest BCUT2D eigenvalue weighted by atomic mass is 10.3. The zero-order chi connectivity index (χ0) is 15.3. The lowest BCUT2D eigenvalue weighted by Gasteiger charge is -2.03. The van der Waals surface area contributed by atoms with Crippen LogP contribution in [0.5, 0.6) is 0 Å². The molecule has 2 rings (SSSR count). The molecule has 0 radical (unpaired) electrons. The normalized spacial score (nSPS) is 11.6. The molecule has 10 heteroatoms. The van der Waals surface area contributed by atoms with Gasteiger partial charge in [0.15, 0.2) is 0 Å². The quantitative estimate of drug-likeness (QED) is 0.602. The van der Waals surface area contributed by atoms with Gasteiger partial charge in [-0.2, -0.15) is 5.10 Å². The second-order valence-electron chi connectivity index (χ2n) is 4.22. The molecule has 0 aliphatic heterocycles. The van der Waals surface area contributed by atoms with Crippen LogP contribution in [-0.4, -0.2) is 41.2 Å². The molecule has 0 amide bonds. The van der Waals surface area contributed by atoms with Gasteiger partial charge in [0.1, 0.15) is 16.4 Å². The van der Waals surface area contributed by atoms with Crippen LogP contribution >= 0.6 is 11.3 Å². The highest BCUT2D eigenvalue weighted by molar-refractivity contribution is 7.91. The van der Waals surface area contributed by atoms with Crippen molar-refractivity contribution >= 4 is 27.3 Å². The van der Waals surface area contributed by atoms with E-state index in [9.17, 15) is 13.2 Å². The molecule has 3 N–H and O–H groups in total. The molecule has 0 saturated carbocycles. The number of hydrogen-bond donors (Lipinski definition) is 3. The summed E-state index contributed by atoms with van der Waals surface area (Å²) in [5.74, 6) is -0.283. The smallest absolute Gasteiger partial charge is 0.308 e. The zero-order valence-corrected chi connectivity index (χ0v) is 12.6. The van der Waals surface area contributed by atoms with Crippen molar-refractivity contribution in [3.8, 4) is 0 Å². The second kappa shape index (κ2) is 6.78. The largest absolute Gasteiger partial charge is 0.481 e. The first-order chi connectivity index (χ1) is 9.97. The summed E-state index contributed by atoms with van der Waals surface area (Å²) in [5.41, 5.74) is 0. The van der Waals surface area contributed by atoms with Crippen molar-refractivity contribution in [1.29, 1.82) is 0 Å². The van der Waals surface area contributed by atoms with Gasteiger partial charge in [-0.25, -0.2) is 18.1 Å². The molecule has 0 bridgehead atoms. The number of carboxylic acids is 1. The van der Waals surface area contributed by atoms with E-state index in [1.54, 1.807) is 0 Å². The third-order valence-electron chi connectivity index (χ3n) is 2.57. The number of carbonyl (C=O) groups is 1. The SMILES string of the molecule is O=C(O)Cc1ccc(S(=O)(=O)NCCCc2ncn[nH]2)s1. The van der Waals surface area contributed by atoms with Gasteiger partial charge in [0, 0.05) is 17.8 Å². The highest BCUT2D eigenvalue weighted by Crippen LogP contribution is 2.21. The average molecular weight is 330 g/mol. The van der Waals surface area contributed by atoms with Crippen LogP contribution in [0.3, 0.4) is 0 Å². The standard InChI is InChI=1S/C11H14N4O4S2/c16-10(17)6-8-3-4-11(20-8)21(18,19)14-5-1-2-9-12-7-13-15-9/h3-4,7,14H,1-2,5-6H2,(H,16,17)(H,12,13,15). The Morgan fingerprint density at radius 2 is 2.24 bits per heavy atom. The molecule has 2 aromatic rings. The van der Waals surface area contributed by atoms with Gasteiger partial charge in [-0.05, 0) is 18.6 Å². The van der Waals surface area contributed by atoms with Crippen molar-refractivity contribution in [1.82, 2.24) is 19.9 Å². The molecular formula is C11H14N4O4S2. The Morgan fingerprint density at radius 3 is 2.90 bits per heavy atom. The van der Waals surface area contributed by atoms with Crippen LogP contribution in [0.25, 0.3) is 0 Å². The van der Waals surface area contributed by atoms with E-state index in [4.69, 9.17) is 5.11 Å². The van der Waals surface area contributed by atoms with E-state index in [2.05, 4.69) is 19.9 Å². The molecule has 0 aliphatic rings. The van der Waals surface area contributed by atoms with Gasteiger partial charge in [0.05, 0.1) is 6.42 Å². The van der Waals surface area contributed by atoms with E-state index >= 15 is 0 Å². The van der Waals surface area contributed by atoms with E-state index < -0.39 is 16.0 Å². The Labute approximate surface area is 125 Å². The highest BCUT2D eigenvalue weighted by atomic mass is 32.2. The average Bonchev–Trinajstić information content (AvgIpc) is 3.05. The van der Waals surface area contributed by atoms with Crippen molar-refractivity contribution < 1.29 is 18.3 Å². The van der Waals surface area contributed by atoms with Gasteiger partial charge < -0.3 is 5.11 Å². The summed E-state index contributed by atoms with van der Waals surface area (Å²) in [6.07, 6.45) is 2.40. The number of H-pyrrole nitrogens is 1. The first kappa shape index (κ1) is 15.6. The summed E-state index contributed by atoms with van der Waals surface area (Å²) in [5, 5.41) is 15.1. The Morgan fingerprint density at radius 1 is 1.43 bits per heavy atom. The Balaban J connectivity index is 1.86. The molecule has 0 aromatic carbocycles. The molecule has 0 aliphatic carbocycles. The first-order valence-corrected chi connectivity index (χ1v) is 8.42. The fourth-order valence-electron chi connectivity index (χ4n) is 1.63. The van der Waals surface area contributed by atoms with Crippen molar-refractivity contribution in [3.63, 3.8) is 0 Å². The van der Waals surface area contributed by atoms with Gasteiger partial charge in [-0.15, -0.1) is 11.3 Å². The van der Waals surface area contributed by atoms with Crippen LogP contribution in [0.2, 0.25) is 0 Å². The number of aryl methyl sites for hydroxylation is 1. The van der Waals surface area contributed by atoms with Gasteiger partial charge >= 0.3 is 5.97 Å². The Bertz CT molecular complexity index is 694. The molecule has 0 spiro atoms. The molecule has 21 heavy (non-hydrogen) atoms. The maximum absolute atomic E-state index is 12.0. The van der Waals surface area contributed by atoms with Crippen LogP contribution < -0.4 is 4.72 Å². The number of nitrogens with zero attached hydrogens (tertiary/aromatic N) is 2. The molecule has 0 saturated heterocycles. The maximum Gasteiger partial charge on any atom is 0.308 e. The number of nitrogens with one attached hydrogen (secondary N) is 2. The molecule has 114 valence electrons. The summed E-state index contributed by atoms with van der Waals surface area (Å²) < 4.78 is 26.6. The van der Waals surface area contributed by atoms with Gasteiger partial charge in [-0.3, -0.25) is 9.89 Å². The van der Waals surface area contributed by atoms with Crippen molar-refractivity contribution in [2.24, 2.45) is 0 Å². The number of sulfonamides is 1. The molecule has 0 unspecified atom stereocenters. The van der Waals surface area contributed by atoms with Gasteiger partial charge in [0.25, 0.3) is 0 Å². The second-order valence-corrected chi connectivity index (χ2v) is 7.39. The van der Waals surface area contributed by atoms with Crippen LogP contribution in [-0.2, 0) is 27.7 Å². The fourth-order valence-corrected chi connectivity index (χ4v) is 4.10. The zero-order valence-electron chi connectivity index (χ0n) is 10.9. The van der Waals surface area contributed by atoms with E-state index in [0.29, 0.717) is 23.5 Å². The third-order valence-corrected chi connectivity index (χ3v) is 5.61. The number of rotatable bonds is 8. The number of carboxylic acid groups (broad SMARTS) is 1. The predicted molar refractivity (Wildman–Crippen MR) is 75.6 cm³/mol. The van der Waals surface area contributed by atoms with Crippen LogP contribution in [0, 0.1) is 0 Å². The summed E-state index contributed by atoms with van der Waals surface area (Å²) >= 11 is 0.964. The maximum atomic E-state index is 12.0. The predicted octanol–water partition coefficient (Wildman–Crippen LogP) is 0.404. The molecule has 2 heterocycles. The highest BCUT2D eigenvalue weighted by Gasteiger charge is 2.17. The van der Waals surface area contributed by atoms with Crippen LogP contribution in [0.4, 0.5) is 0 Å². The first-order valence-electron chi connectivity index (χ1n) is 6.12. The van der Waals surface area contributed by atoms with E-state index in [1.165, 1.54) is 18.5 Å². The van der Waals surface area contributed by atoms with Gasteiger partial charge in [-0.1, -0.05) is 0 Å². The molecule has 2 aromatic heterocycles. The molecule has 0 fully saturated rings. The minimum Gasteiger partial charge on any atom is -0.481 e. The number of aliphatic carboxylic acids is 1. The monoisotopic (exact) mass is 330 g/mol. The van der Waals surface area contributed by atoms with Crippen molar-refractivity contribution in [2.45, 2.75) is 23.5 Å². The Hall–Kier alpha value is -1.78. The number of hydrogen-bond acceptors (Lipinski definition) is 6. The molecular weight excluding hydrogens is 316 g/mol. The third kappa shape index (κ3) is 4.62. The van der Waals surface area contributed by atoms with E-state index in [-0.39, 0.29) is 17.2 Å². The Kier molecular flexibility index (Phi) is 5.04. The minimum atomic E-state index is -3.59. The summed E-state index contributed by atoms with van der Waals surface area (Å²) in [7, 11) is -3.59. The summed E-state index contributed by atoms with van der Waals surface area (Å²) in [4.78, 5) is 15.0. The lowest BCUT2D eigenvalue weighted by molar-refractivity contribution is -0.136. The topological polar surface area (TPSA) is 125 Å². The number of aromatic amines is 1. The van der Waals surface area contributed by atoms with Crippen molar-refractivity contribution in [2.75, 3.05) is 6.54 Å². The van der Waals surface area contributed by atoms with Gasteiger partial charge in [0.2, 0.25) is 10.0 Å². The summed E-state index contributed by atoms with van der Waals surface area (Å²) in [6.45, 7) is 0.273. The number of aromatic nitrogens is 3. The minimum absolute atomic E-state index is 0.124.